The third kappa shape index (κ3) is 5.58. The van der Waals surface area contributed by atoms with Crippen LogP contribution >= 0.6 is 0 Å². The molecule has 2 aromatic rings. The molecule has 6 nitrogen and oxygen atoms in total. The smallest absolute Gasteiger partial charge is 0.191 e. The summed E-state index contributed by atoms with van der Waals surface area (Å²) in [5, 5.41) is 11.3. The molecule has 28 heavy (non-hydrogen) atoms. The standard InChI is InChI=1S/C22H34N6/c1-4-27-15-10-19(11-16-27)9-13-24-22(23-3)26-18(2)20-7-5-8-21(17-20)28-14-6-12-25-28/h5-8,12,14,17-19H,4,9-11,13,15-16H2,1-3H3,(H2,23,24,26). The van der Waals surface area contributed by atoms with Gasteiger partial charge in [0.1, 0.15) is 0 Å². The summed E-state index contributed by atoms with van der Waals surface area (Å²) in [5.74, 6) is 1.69. The largest absolute Gasteiger partial charge is 0.356 e. The zero-order valence-corrected chi connectivity index (χ0v) is 17.4. The van der Waals surface area contributed by atoms with Crippen molar-refractivity contribution < 1.29 is 0 Å². The second-order valence-corrected chi connectivity index (χ2v) is 7.58. The van der Waals surface area contributed by atoms with E-state index < -0.39 is 0 Å². The number of hydrogen-bond donors (Lipinski definition) is 2. The van der Waals surface area contributed by atoms with Gasteiger partial charge in [0.2, 0.25) is 0 Å². The molecular weight excluding hydrogens is 348 g/mol. The quantitative estimate of drug-likeness (QED) is 0.570. The second-order valence-electron chi connectivity index (χ2n) is 7.58. The number of rotatable bonds is 7. The summed E-state index contributed by atoms with van der Waals surface area (Å²) in [7, 11) is 1.84. The molecule has 1 atom stereocenters. The van der Waals surface area contributed by atoms with E-state index in [-0.39, 0.29) is 6.04 Å². The molecule has 1 saturated heterocycles. The Kier molecular flexibility index (Phi) is 7.48. The van der Waals surface area contributed by atoms with Gasteiger partial charge in [-0.1, -0.05) is 19.1 Å². The Balaban J connectivity index is 1.47. The molecular formula is C22H34N6. The van der Waals surface area contributed by atoms with Crippen molar-refractivity contribution in [2.45, 2.75) is 39.2 Å². The highest BCUT2D eigenvalue weighted by Gasteiger charge is 2.17. The van der Waals surface area contributed by atoms with Crippen LogP contribution in [0.1, 0.15) is 44.7 Å². The summed E-state index contributed by atoms with van der Waals surface area (Å²) in [4.78, 5) is 6.95. The van der Waals surface area contributed by atoms with E-state index in [1.54, 1.807) is 6.20 Å². The average Bonchev–Trinajstić information content (AvgIpc) is 3.28. The van der Waals surface area contributed by atoms with Crippen molar-refractivity contribution in [3.05, 3.63) is 48.3 Å². The van der Waals surface area contributed by atoms with E-state index >= 15 is 0 Å². The van der Waals surface area contributed by atoms with Gasteiger partial charge in [-0.3, -0.25) is 4.99 Å². The highest BCUT2D eigenvalue weighted by atomic mass is 15.3. The van der Waals surface area contributed by atoms with E-state index in [1.165, 1.54) is 44.5 Å². The van der Waals surface area contributed by atoms with Crippen LogP contribution in [-0.4, -0.2) is 53.9 Å². The lowest BCUT2D eigenvalue weighted by atomic mass is 9.93. The number of piperidine rings is 1. The maximum atomic E-state index is 4.40. The summed E-state index contributed by atoms with van der Waals surface area (Å²) < 4.78 is 1.88. The number of nitrogens with zero attached hydrogens (tertiary/aromatic N) is 4. The third-order valence-corrected chi connectivity index (χ3v) is 5.72. The van der Waals surface area contributed by atoms with Crippen molar-refractivity contribution in [2.24, 2.45) is 10.9 Å². The van der Waals surface area contributed by atoms with Crippen molar-refractivity contribution in [3.63, 3.8) is 0 Å². The lowest BCUT2D eigenvalue weighted by molar-refractivity contribution is 0.187. The number of aliphatic imine (C=N–C) groups is 1. The fourth-order valence-electron chi connectivity index (χ4n) is 3.83. The molecule has 2 heterocycles. The lowest BCUT2D eigenvalue weighted by Gasteiger charge is -2.31. The van der Waals surface area contributed by atoms with Gasteiger partial charge in [-0.2, -0.15) is 5.10 Å². The van der Waals surface area contributed by atoms with Crippen LogP contribution in [0.5, 0.6) is 0 Å². The zero-order valence-electron chi connectivity index (χ0n) is 17.4. The number of likely N-dealkylation sites (tertiary alicyclic amines) is 1. The number of benzene rings is 1. The minimum Gasteiger partial charge on any atom is -0.356 e. The molecule has 0 amide bonds. The van der Waals surface area contributed by atoms with E-state index in [4.69, 9.17) is 0 Å². The Hall–Kier alpha value is -2.34. The highest BCUT2D eigenvalue weighted by Crippen LogP contribution is 2.20. The Labute approximate surface area is 169 Å². The fraction of sp³-hybridized carbons (Fsp3) is 0.545. The number of hydrogen-bond acceptors (Lipinski definition) is 3. The molecule has 3 rings (SSSR count). The summed E-state index contributed by atoms with van der Waals surface area (Å²) in [6, 6.07) is 10.5. The highest BCUT2D eigenvalue weighted by molar-refractivity contribution is 5.80. The van der Waals surface area contributed by atoms with Gasteiger partial charge < -0.3 is 15.5 Å². The van der Waals surface area contributed by atoms with E-state index in [2.05, 4.69) is 63.7 Å². The predicted molar refractivity (Wildman–Crippen MR) is 116 cm³/mol. The third-order valence-electron chi connectivity index (χ3n) is 5.72. The van der Waals surface area contributed by atoms with Gasteiger partial charge in [0.25, 0.3) is 0 Å². The first-order valence-corrected chi connectivity index (χ1v) is 10.5. The molecule has 152 valence electrons. The van der Waals surface area contributed by atoms with E-state index in [0.29, 0.717) is 0 Å². The summed E-state index contributed by atoms with van der Waals surface area (Å²) in [6.45, 7) is 9.06. The number of aromatic nitrogens is 2. The molecule has 0 radical (unpaired) electrons. The van der Waals surface area contributed by atoms with Gasteiger partial charge in [0, 0.05) is 26.0 Å². The van der Waals surface area contributed by atoms with Crippen LogP contribution < -0.4 is 10.6 Å². The number of nitrogens with one attached hydrogen (secondary N) is 2. The van der Waals surface area contributed by atoms with Crippen LogP contribution in [0, 0.1) is 5.92 Å². The Bertz CT molecular complexity index is 731. The maximum Gasteiger partial charge on any atom is 0.191 e. The summed E-state index contributed by atoms with van der Waals surface area (Å²) >= 11 is 0. The van der Waals surface area contributed by atoms with Crippen molar-refractivity contribution in [3.8, 4) is 5.69 Å². The van der Waals surface area contributed by atoms with Crippen LogP contribution in [0.3, 0.4) is 0 Å². The molecule has 0 bridgehead atoms. The van der Waals surface area contributed by atoms with Crippen molar-refractivity contribution in [2.75, 3.05) is 33.2 Å². The molecule has 2 N–H and O–H groups in total. The fourth-order valence-corrected chi connectivity index (χ4v) is 3.83. The zero-order chi connectivity index (χ0) is 19.8. The molecule has 1 aliphatic rings. The molecule has 1 aromatic carbocycles. The first-order chi connectivity index (χ1) is 13.7. The topological polar surface area (TPSA) is 57.5 Å². The SMILES string of the molecule is CCN1CCC(CCNC(=NC)NC(C)c2cccc(-n3cccn3)c2)CC1. The predicted octanol–water partition coefficient (Wildman–Crippen LogP) is 3.22. The molecule has 6 heteroatoms. The molecule has 1 unspecified atom stereocenters. The molecule has 1 aliphatic heterocycles. The summed E-state index contributed by atoms with van der Waals surface area (Å²) in [6.07, 6.45) is 7.60. The first-order valence-electron chi connectivity index (χ1n) is 10.5. The molecule has 0 aliphatic carbocycles. The monoisotopic (exact) mass is 382 g/mol. The van der Waals surface area contributed by atoms with Gasteiger partial charge in [0.05, 0.1) is 11.7 Å². The lowest BCUT2D eigenvalue weighted by Crippen LogP contribution is -2.40. The molecule has 1 aromatic heterocycles. The van der Waals surface area contributed by atoms with Crippen LogP contribution in [0.4, 0.5) is 0 Å². The van der Waals surface area contributed by atoms with Gasteiger partial charge in [-0.15, -0.1) is 0 Å². The molecule has 0 saturated carbocycles. The van der Waals surface area contributed by atoms with Crippen LogP contribution in [0.25, 0.3) is 5.69 Å². The minimum absolute atomic E-state index is 0.162. The Morgan fingerprint density at radius 1 is 1.29 bits per heavy atom. The average molecular weight is 383 g/mol. The van der Waals surface area contributed by atoms with Crippen LogP contribution in [0.15, 0.2) is 47.7 Å². The van der Waals surface area contributed by atoms with Gasteiger partial charge >= 0.3 is 0 Å². The Morgan fingerprint density at radius 2 is 2.11 bits per heavy atom. The van der Waals surface area contributed by atoms with Gasteiger partial charge in [0.15, 0.2) is 5.96 Å². The van der Waals surface area contributed by atoms with E-state index in [9.17, 15) is 0 Å². The minimum atomic E-state index is 0.162. The first kappa shape index (κ1) is 20.4. The van der Waals surface area contributed by atoms with Gasteiger partial charge in [-0.05, 0) is 75.5 Å². The van der Waals surface area contributed by atoms with Crippen LogP contribution in [-0.2, 0) is 0 Å². The van der Waals surface area contributed by atoms with Crippen molar-refractivity contribution in [1.29, 1.82) is 0 Å². The van der Waals surface area contributed by atoms with Crippen LogP contribution in [0.2, 0.25) is 0 Å². The maximum absolute atomic E-state index is 4.40. The van der Waals surface area contributed by atoms with Gasteiger partial charge in [-0.25, -0.2) is 4.68 Å². The van der Waals surface area contributed by atoms with E-state index in [0.717, 1.165) is 24.1 Å². The van der Waals surface area contributed by atoms with E-state index in [1.807, 2.05) is 24.0 Å². The Morgan fingerprint density at radius 3 is 2.79 bits per heavy atom. The number of guanidine groups is 1. The van der Waals surface area contributed by atoms with Crippen molar-refractivity contribution in [1.82, 2.24) is 25.3 Å². The second kappa shape index (κ2) is 10.3. The van der Waals surface area contributed by atoms with Crippen molar-refractivity contribution >= 4 is 5.96 Å². The molecule has 1 fully saturated rings. The molecule has 0 spiro atoms. The summed E-state index contributed by atoms with van der Waals surface area (Å²) in [5.41, 5.74) is 2.28. The normalized spacial score (nSPS) is 17.5.